The average Bonchev–Trinajstić information content (AvgIpc) is 2.65. The molecular formula is C15H22O4. The summed E-state index contributed by atoms with van der Waals surface area (Å²) in [4.78, 5) is 11.8. The van der Waals surface area contributed by atoms with Crippen LogP contribution < -0.4 is 0 Å². The standard InChI is InChI=1S/C15H22O4/c1-3-14-7-6-11-9(2)4-5-10-8-12(16)17-13(18-14)15(10,11)19-14/h9-11,13H,3-8H2,1-2H3/t9-,10+,11+,13-,14-,15+/m1/s1. The van der Waals surface area contributed by atoms with Crippen molar-refractivity contribution < 1.29 is 19.0 Å². The lowest BCUT2D eigenvalue weighted by Gasteiger charge is -2.54. The molecule has 3 heterocycles. The van der Waals surface area contributed by atoms with Crippen molar-refractivity contribution in [3.05, 3.63) is 0 Å². The molecule has 4 rings (SSSR count). The van der Waals surface area contributed by atoms with E-state index in [4.69, 9.17) is 14.2 Å². The van der Waals surface area contributed by atoms with Crippen LogP contribution in [0, 0.1) is 17.8 Å². The third kappa shape index (κ3) is 1.39. The zero-order valence-electron chi connectivity index (χ0n) is 11.7. The van der Waals surface area contributed by atoms with Crippen molar-refractivity contribution in [2.45, 2.75) is 70.1 Å². The molecule has 4 fully saturated rings. The van der Waals surface area contributed by atoms with E-state index in [1.165, 1.54) is 6.42 Å². The number of carbonyl (C=O) groups is 1. The highest BCUT2D eigenvalue weighted by Gasteiger charge is 2.71. The maximum absolute atomic E-state index is 11.8. The number of fused-ring (bicyclic) bond motifs is 1. The lowest BCUT2D eigenvalue weighted by molar-refractivity contribution is -0.260. The Morgan fingerprint density at radius 2 is 2.16 bits per heavy atom. The van der Waals surface area contributed by atoms with Crippen molar-refractivity contribution in [2.24, 2.45) is 17.8 Å². The van der Waals surface area contributed by atoms with Crippen molar-refractivity contribution in [1.82, 2.24) is 0 Å². The summed E-state index contributed by atoms with van der Waals surface area (Å²) in [5, 5.41) is 0. The fourth-order valence-electron chi connectivity index (χ4n) is 4.92. The van der Waals surface area contributed by atoms with Gasteiger partial charge in [0.25, 0.3) is 0 Å². The van der Waals surface area contributed by atoms with Crippen LogP contribution in [-0.4, -0.2) is 23.6 Å². The molecule has 4 heteroatoms. The van der Waals surface area contributed by atoms with E-state index in [1.807, 2.05) is 0 Å². The molecule has 4 nitrogen and oxygen atoms in total. The van der Waals surface area contributed by atoms with Crippen LogP contribution in [0.2, 0.25) is 0 Å². The van der Waals surface area contributed by atoms with E-state index in [0.717, 1.165) is 25.7 Å². The van der Waals surface area contributed by atoms with Gasteiger partial charge in [0.1, 0.15) is 5.60 Å². The van der Waals surface area contributed by atoms with Gasteiger partial charge in [-0.05, 0) is 37.5 Å². The topological polar surface area (TPSA) is 44.8 Å². The van der Waals surface area contributed by atoms with Gasteiger partial charge in [-0.15, -0.1) is 0 Å². The van der Waals surface area contributed by atoms with E-state index in [-0.39, 0.29) is 17.5 Å². The normalized spacial score (nSPS) is 55.6. The van der Waals surface area contributed by atoms with Crippen LogP contribution in [-0.2, 0) is 19.0 Å². The molecule has 0 amide bonds. The maximum atomic E-state index is 11.8. The first-order valence-corrected chi connectivity index (χ1v) is 7.67. The molecule has 3 aliphatic heterocycles. The predicted octanol–water partition coefficient (Wildman–Crippen LogP) is 2.61. The molecular weight excluding hydrogens is 244 g/mol. The van der Waals surface area contributed by atoms with E-state index in [1.54, 1.807) is 0 Å². The Morgan fingerprint density at radius 1 is 1.32 bits per heavy atom. The molecule has 19 heavy (non-hydrogen) atoms. The number of rotatable bonds is 1. The number of carbonyl (C=O) groups excluding carboxylic acids is 1. The zero-order chi connectivity index (χ0) is 13.3. The van der Waals surface area contributed by atoms with Crippen molar-refractivity contribution in [2.75, 3.05) is 0 Å². The van der Waals surface area contributed by atoms with Gasteiger partial charge in [-0.1, -0.05) is 13.8 Å². The summed E-state index contributed by atoms with van der Waals surface area (Å²) in [5.74, 6) is 0.782. The maximum Gasteiger partial charge on any atom is 0.308 e. The van der Waals surface area contributed by atoms with Crippen LogP contribution in [0.25, 0.3) is 0 Å². The van der Waals surface area contributed by atoms with Crippen molar-refractivity contribution in [3.8, 4) is 0 Å². The Labute approximate surface area is 113 Å². The summed E-state index contributed by atoms with van der Waals surface area (Å²) in [6.45, 7) is 4.40. The number of esters is 1. The average molecular weight is 266 g/mol. The molecule has 1 spiro atoms. The van der Waals surface area contributed by atoms with Gasteiger partial charge >= 0.3 is 5.97 Å². The van der Waals surface area contributed by atoms with E-state index in [0.29, 0.717) is 18.3 Å². The van der Waals surface area contributed by atoms with Gasteiger partial charge < -0.3 is 14.2 Å². The number of hydrogen-bond acceptors (Lipinski definition) is 4. The molecule has 3 saturated heterocycles. The summed E-state index contributed by atoms with van der Waals surface area (Å²) in [5.41, 5.74) is -0.347. The minimum Gasteiger partial charge on any atom is -0.432 e. The summed E-state index contributed by atoms with van der Waals surface area (Å²) in [7, 11) is 0. The quantitative estimate of drug-likeness (QED) is 0.684. The Balaban J connectivity index is 1.80. The third-order valence-electron chi connectivity index (χ3n) is 5.95. The summed E-state index contributed by atoms with van der Waals surface area (Å²) >= 11 is 0. The number of ether oxygens (including phenoxy) is 3. The Morgan fingerprint density at radius 3 is 2.95 bits per heavy atom. The van der Waals surface area contributed by atoms with Crippen LogP contribution in [0.3, 0.4) is 0 Å². The lowest BCUT2D eigenvalue weighted by atomic mass is 9.59. The van der Waals surface area contributed by atoms with Crippen LogP contribution in [0.4, 0.5) is 0 Å². The smallest absolute Gasteiger partial charge is 0.308 e. The highest BCUT2D eigenvalue weighted by molar-refractivity contribution is 5.71. The largest absolute Gasteiger partial charge is 0.432 e. The van der Waals surface area contributed by atoms with Gasteiger partial charge in [0.05, 0.1) is 6.42 Å². The first kappa shape index (κ1) is 12.2. The highest BCUT2D eigenvalue weighted by atomic mass is 16.8. The second kappa shape index (κ2) is 3.73. The van der Waals surface area contributed by atoms with Gasteiger partial charge in [-0.25, -0.2) is 0 Å². The van der Waals surface area contributed by atoms with Crippen LogP contribution in [0.5, 0.6) is 0 Å². The van der Waals surface area contributed by atoms with Crippen LogP contribution >= 0.6 is 0 Å². The molecule has 1 aliphatic carbocycles. The number of hydrogen-bond donors (Lipinski definition) is 0. The van der Waals surface area contributed by atoms with Crippen molar-refractivity contribution in [1.29, 1.82) is 0 Å². The first-order valence-electron chi connectivity index (χ1n) is 7.67. The fraction of sp³-hybridized carbons (Fsp3) is 0.933. The van der Waals surface area contributed by atoms with Crippen molar-refractivity contribution >= 4 is 5.97 Å². The second-order valence-corrected chi connectivity index (χ2v) is 6.76. The molecule has 6 atom stereocenters. The molecule has 106 valence electrons. The van der Waals surface area contributed by atoms with E-state index in [9.17, 15) is 4.79 Å². The second-order valence-electron chi connectivity index (χ2n) is 6.76. The van der Waals surface area contributed by atoms with Crippen LogP contribution in [0.15, 0.2) is 0 Å². The minimum atomic E-state index is -0.499. The van der Waals surface area contributed by atoms with E-state index < -0.39 is 12.1 Å². The van der Waals surface area contributed by atoms with Gasteiger partial charge in [-0.2, -0.15) is 0 Å². The Bertz CT molecular complexity index is 422. The van der Waals surface area contributed by atoms with Crippen molar-refractivity contribution in [3.63, 3.8) is 0 Å². The molecule has 0 unspecified atom stereocenters. The summed E-state index contributed by atoms with van der Waals surface area (Å²) < 4.78 is 18.2. The van der Waals surface area contributed by atoms with Gasteiger partial charge in [0, 0.05) is 12.3 Å². The van der Waals surface area contributed by atoms with E-state index in [2.05, 4.69) is 13.8 Å². The summed E-state index contributed by atoms with van der Waals surface area (Å²) in [6, 6.07) is 0. The van der Waals surface area contributed by atoms with Gasteiger partial charge in [-0.3, -0.25) is 4.79 Å². The molecule has 0 N–H and O–H groups in total. The molecule has 1 saturated carbocycles. The molecule has 0 aromatic rings. The van der Waals surface area contributed by atoms with E-state index >= 15 is 0 Å². The SMILES string of the molecule is CC[C@@]12CC[C@H]3[C@H](C)CC[C@H]4CC(=O)O[C@H](O1)[C@]43O2. The summed E-state index contributed by atoms with van der Waals surface area (Å²) in [6.07, 6.45) is 5.19. The highest BCUT2D eigenvalue weighted by Crippen LogP contribution is 2.62. The fourth-order valence-corrected chi connectivity index (χ4v) is 4.92. The molecule has 2 bridgehead atoms. The predicted molar refractivity (Wildman–Crippen MR) is 67.0 cm³/mol. The molecule has 0 aromatic heterocycles. The Hall–Kier alpha value is -0.610. The monoisotopic (exact) mass is 266 g/mol. The third-order valence-corrected chi connectivity index (χ3v) is 5.95. The minimum absolute atomic E-state index is 0.115. The molecule has 4 aliphatic rings. The van der Waals surface area contributed by atoms with Gasteiger partial charge in [0.15, 0.2) is 5.79 Å². The van der Waals surface area contributed by atoms with Gasteiger partial charge in [0.2, 0.25) is 6.29 Å². The van der Waals surface area contributed by atoms with Crippen LogP contribution in [0.1, 0.15) is 52.4 Å². The zero-order valence-corrected chi connectivity index (χ0v) is 11.7. The molecule has 0 aromatic carbocycles. The molecule has 0 radical (unpaired) electrons. The first-order chi connectivity index (χ1) is 9.09. The Kier molecular flexibility index (Phi) is 2.39. The lowest BCUT2D eigenvalue weighted by Crippen LogP contribution is -2.63.